The van der Waals surface area contributed by atoms with Gasteiger partial charge in [-0.1, -0.05) is 30.3 Å². The third-order valence-electron chi connectivity index (χ3n) is 3.27. The van der Waals surface area contributed by atoms with Gasteiger partial charge in [0.1, 0.15) is 0 Å². The minimum absolute atomic E-state index is 0.223. The van der Waals surface area contributed by atoms with E-state index in [0.717, 1.165) is 10.9 Å². The van der Waals surface area contributed by atoms with Gasteiger partial charge in [-0.05, 0) is 29.7 Å². The van der Waals surface area contributed by atoms with Crippen LogP contribution in [0.5, 0.6) is 0 Å². The van der Waals surface area contributed by atoms with E-state index in [4.69, 9.17) is 0 Å². The van der Waals surface area contributed by atoms with Gasteiger partial charge in [-0.25, -0.2) is 0 Å². The Balaban J connectivity index is 2.22. The first kappa shape index (κ1) is 13.4. The highest BCUT2D eigenvalue weighted by atomic mass is 19.4. The number of benzene rings is 2. The average molecular weight is 289 g/mol. The van der Waals surface area contributed by atoms with Crippen LogP contribution in [0.1, 0.15) is 10.4 Å². The Bertz CT molecular complexity index is 818. The van der Waals surface area contributed by atoms with Gasteiger partial charge in [0, 0.05) is 6.20 Å². The van der Waals surface area contributed by atoms with Crippen molar-refractivity contribution < 1.29 is 18.0 Å². The molecule has 0 N–H and O–H groups in total. The van der Waals surface area contributed by atoms with Crippen molar-refractivity contribution in [1.82, 2.24) is 4.57 Å². The Hall–Kier alpha value is -2.56. The fourth-order valence-corrected chi connectivity index (χ4v) is 2.32. The number of ketones is 1. The van der Waals surface area contributed by atoms with Crippen molar-refractivity contribution in [2.75, 3.05) is 0 Å². The van der Waals surface area contributed by atoms with Gasteiger partial charge in [0.25, 0.3) is 5.78 Å². The topological polar surface area (TPSA) is 22.0 Å². The molecule has 0 saturated heterocycles. The van der Waals surface area contributed by atoms with Crippen LogP contribution in [0, 0.1) is 0 Å². The standard InChI is InChI=1S/C16H10F3NO/c17-16(18,19)15(21)12-6-2-4-8-14(12)20-10-9-11-5-1-3-7-13(11)20/h1-10H. The molecule has 0 aliphatic carbocycles. The summed E-state index contributed by atoms with van der Waals surface area (Å²) in [6.45, 7) is 0. The Labute approximate surface area is 118 Å². The van der Waals surface area contributed by atoms with Crippen LogP contribution in [-0.2, 0) is 0 Å². The molecule has 1 aromatic heterocycles. The molecule has 0 atom stereocenters. The van der Waals surface area contributed by atoms with Crippen molar-refractivity contribution in [2.45, 2.75) is 6.18 Å². The minimum atomic E-state index is -4.89. The maximum absolute atomic E-state index is 12.7. The number of carbonyl (C=O) groups is 1. The summed E-state index contributed by atoms with van der Waals surface area (Å²) in [6.07, 6.45) is -3.23. The number of Topliss-reactive ketones (excluding diaryl/α,β-unsaturated/α-hetero) is 1. The highest BCUT2D eigenvalue weighted by molar-refractivity contribution is 6.03. The van der Waals surface area contributed by atoms with Crippen molar-refractivity contribution in [3.8, 4) is 5.69 Å². The van der Waals surface area contributed by atoms with Gasteiger partial charge in [0.2, 0.25) is 0 Å². The summed E-state index contributed by atoms with van der Waals surface area (Å²) in [5, 5.41) is 0.895. The summed E-state index contributed by atoms with van der Waals surface area (Å²) in [7, 11) is 0. The Morgan fingerprint density at radius 2 is 1.57 bits per heavy atom. The quantitative estimate of drug-likeness (QED) is 0.642. The third-order valence-corrected chi connectivity index (χ3v) is 3.27. The SMILES string of the molecule is O=C(c1ccccc1-n1ccc2ccccc21)C(F)(F)F. The van der Waals surface area contributed by atoms with Crippen molar-refractivity contribution in [3.63, 3.8) is 0 Å². The Kier molecular flexibility index (Phi) is 3.05. The lowest BCUT2D eigenvalue weighted by molar-refractivity contribution is -0.0885. The summed E-state index contributed by atoms with van der Waals surface area (Å²) in [4.78, 5) is 11.6. The van der Waals surface area contributed by atoms with Gasteiger partial charge in [-0.2, -0.15) is 13.2 Å². The van der Waals surface area contributed by atoms with Crippen LogP contribution in [0.3, 0.4) is 0 Å². The number of halogens is 3. The van der Waals surface area contributed by atoms with Gasteiger partial charge < -0.3 is 4.57 Å². The first-order valence-electron chi connectivity index (χ1n) is 6.25. The first-order valence-corrected chi connectivity index (χ1v) is 6.25. The Morgan fingerprint density at radius 1 is 0.905 bits per heavy atom. The molecule has 21 heavy (non-hydrogen) atoms. The molecule has 1 heterocycles. The van der Waals surface area contributed by atoms with Gasteiger partial charge in [-0.15, -0.1) is 0 Å². The molecule has 0 amide bonds. The number of alkyl halides is 3. The van der Waals surface area contributed by atoms with Crippen molar-refractivity contribution in [3.05, 3.63) is 66.4 Å². The fourth-order valence-electron chi connectivity index (χ4n) is 2.32. The minimum Gasteiger partial charge on any atom is -0.316 e. The number of carbonyl (C=O) groups excluding carboxylic acids is 1. The second-order valence-corrected chi connectivity index (χ2v) is 4.59. The zero-order valence-corrected chi connectivity index (χ0v) is 10.8. The molecule has 0 spiro atoms. The predicted molar refractivity (Wildman–Crippen MR) is 73.7 cm³/mol. The lowest BCUT2D eigenvalue weighted by atomic mass is 10.1. The number of para-hydroxylation sites is 2. The summed E-state index contributed by atoms with van der Waals surface area (Å²) in [6, 6.07) is 14.8. The largest absolute Gasteiger partial charge is 0.454 e. The molecule has 0 radical (unpaired) electrons. The molecule has 0 unspecified atom stereocenters. The van der Waals surface area contributed by atoms with Crippen LogP contribution >= 0.6 is 0 Å². The molecule has 2 aromatic carbocycles. The number of hydrogen-bond acceptors (Lipinski definition) is 1. The summed E-state index contributed by atoms with van der Waals surface area (Å²) < 4.78 is 39.7. The van der Waals surface area contributed by atoms with E-state index in [0.29, 0.717) is 0 Å². The van der Waals surface area contributed by atoms with E-state index < -0.39 is 12.0 Å². The Morgan fingerprint density at radius 3 is 2.33 bits per heavy atom. The van der Waals surface area contributed by atoms with Crippen LogP contribution in [0.4, 0.5) is 13.2 Å². The van der Waals surface area contributed by atoms with E-state index in [-0.39, 0.29) is 11.3 Å². The monoisotopic (exact) mass is 289 g/mol. The van der Waals surface area contributed by atoms with Crippen molar-refractivity contribution >= 4 is 16.7 Å². The van der Waals surface area contributed by atoms with Gasteiger partial charge >= 0.3 is 6.18 Å². The van der Waals surface area contributed by atoms with Gasteiger partial charge in [0.15, 0.2) is 0 Å². The van der Waals surface area contributed by atoms with Crippen LogP contribution < -0.4 is 0 Å². The number of rotatable bonds is 2. The van der Waals surface area contributed by atoms with Crippen LogP contribution in [0.15, 0.2) is 60.8 Å². The molecular weight excluding hydrogens is 279 g/mol. The summed E-state index contributed by atoms with van der Waals surface area (Å²) in [5.41, 5.74) is 0.618. The fraction of sp³-hybridized carbons (Fsp3) is 0.0625. The molecule has 0 bridgehead atoms. The van der Waals surface area contributed by atoms with E-state index >= 15 is 0 Å². The molecule has 0 saturated carbocycles. The van der Waals surface area contributed by atoms with Crippen LogP contribution in [-0.4, -0.2) is 16.5 Å². The smallest absolute Gasteiger partial charge is 0.316 e. The zero-order valence-electron chi connectivity index (χ0n) is 10.8. The maximum Gasteiger partial charge on any atom is 0.454 e. The van der Waals surface area contributed by atoms with E-state index in [1.54, 1.807) is 35.0 Å². The molecule has 0 aliphatic heterocycles. The first-order chi connectivity index (χ1) is 9.98. The highest BCUT2D eigenvalue weighted by Gasteiger charge is 2.40. The van der Waals surface area contributed by atoms with E-state index in [1.807, 2.05) is 12.1 Å². The molecule has 5 heteroatoms. The molecule has 3 rings (SSSR count). The highest BCUT2D eigenvalue weighted by Crippen LogP contribution is 2.28. The molecule has 2 nitrogen and oxygen atoms in total. The van der Waals surface area contributed by atoms with Gasteiger partial charge in [-0.3, -0.25) is 4.79 Å². The normalized spacial score (nSPS) is 11.8. The van der Waals surface area contributed by atoms with Crippen LogP contribution in [0.25, 0.3) is 16.6 Å². The number of aromatic nitrogens is 1. The van der Waals surface area contributed by atoms with Crippen molar-refractivity contribution in [1.29, 1.82) is 0 Å². The molecule has 0 aliphatic rings. The second-order valence-electron chi connectivity index (χ2n) is 4.59. The third kappa shape index (κ3) is 2.31. The lowest BCUT2D eigenvalue weighted by Crippen LogP contribution is -2.24. The molecule has 0 fully saturated rings. The zero-order chi connectivity index (χ0) is 15.0. The average Bonchev–Trinajstić information content (AvgIpc) is 2.89. The van der Waals surface area contributed by atoms with E-state index in [1.165, 1.54) is 18.2 Å². The maximum atomic E-state index is 12.7. The molecule has 106 valence electrons. The summed E-state index contributed by atoms with van der Waals surface area (Å²) >= 11 is 0. The number of hydrogen-bond donors (Lipinski definition) is 0. The van der Waals surface area contributed by atoms with E-state index in [2.05, 4.69) is 0 Å². The van der Waals surface area contributed by atoms with Crippen molar-refractivity contribution in [2.24, 2.45) is 0 Å². The number of nitrogens with zero attached hydrogens (tertiary/aromatic N) is 1. The second kappa shape index (κ2) is 4.77. The molecular formula is C16H10F3NO. The number of fused-ring (bicyclic) bond motifs is 1. The van der Waals surface area contributed by atoms with Crippen LogP contribution in [0.2, 0.25) is 0 Å². The van der Waals surface area contributed by atoms with Gasteiger partial charge in [0.05, 0.1) is 16.8 Å². The predicted octanol–water partition coefficient (Wildman–Crippen LogP) is 4.38. The van der Waals surface area contributed by atoms with E-state index in [9.17, 15) is 18.0 Å². The molecule has 3 aromatic rings. The summed E-state index contributed by atoms with van der Waals surface area (Å²) in [5.74, 6) is -1.84. The lowest BCUT2D eigenvalue weighted by Gasteiger charge is -2.12.